The molecule has 0 N–H and O–H groups in total. The average Bonchev–Trinajstić information content (AvgIpc) is 3.26. The topological polar surface area (TPSA) is 117 Å². The van der Waals surface area contributed by atoms with Gasteiger partial charge in [0.1, 0.15) is 23.0 Å². The lowest BCUT2D eigenvalue weighted by Gasteiger charge is -2.32. The molecule has 3 unspecified atom stereocenters. The highest BCUT2D eigenvalue weighted by atomic mass is 16.5. The van der Waals surface area contributed by atoms with E-state index < -0.39 is 28.6 Å². The summed E-state index contributed by atoms with van der Waals surface area (Å²) >= 11 is 0. The largest absolute Gasteiger partial charge is 0.485 e. The molecule has 0 amide bonds. The van der Waals surface area contributed by atoms with Gasteiger partial charge < -0.3 is 18.0 Å². The van der Waals surface area contributed by atoms with Gasteiger partial charge in [0.2, 0.25) is 0 Å². The van der Waals surface area contributed by atoms with Crippen LogP contribution in [0.25, 0.3) is 65.0 Å². The minimum atomic E-state index is -0.705. The monoisotopic (exact) mass is 606 g/mol. The second kappa shape index (κ2) is 7.83. The molecule has 0 saturated carbocycles. The Hall–Kier alpha value is -5.50. The third-order valence-electron chi connectivity index (χ3n) is 10.8. The van der Waals surface area contributed by atoms with Gasteiger partial charge in [-0.1, -0.05) is 24.6 Å². The zero-order valence-electron chi connectivity index (χ0n) is 24.7. The molecule has 8 nitrogen and oxygen atoms in total. The van der Waals surface area contributed by atoms with Crippen LogP contribution < -0.4 is 22.5 Å². The highest BCUT2D eigenvalue weighted by Gasteiger charge is 2.43. The van der Waals surface area contributed by atoms with Crippen molar-refractivity contribution >= 4 is 65.0 Å². The number of allylic oxidation sites excluding steroid dienone is 3. The Kier molecular flexibility index (Phi) is 4.21. The quantitative estimate of drug-likeness (QED) is 0.175. The van der Waals surface area contributed by atoms with Crippen LogP contribution in [0.4, 0.5) is 0 Å². The van der Waals surface area contributed by atoms with Gasteiger partial charge in [-0.3, -0.25) is 0 Å². The van der Waals surface area contributed by atoms with Crippen LogP contribution in [-0.4, -0.2) is 0 Å². The Morgan fingerprint density at radius 1 is 0.630 bits per heavy atom. The van der Waals surface area contributed by atoms with E-state index in [0.717, 1.165) is 66.8 Å². The van der Waals surface area contributed by atoms with Gasteiger partial charge in [-0.2, -0.15) is 0 Å². The molecule has 3 atom stereocenters. The molecular weight excluding hydrogens is 584 g/mol. The maximum atomic E-state index is 13.5. The molecule has 3 aromatic heterocycles. The maximum absolute atomic E-state index is 13.5. The zero-order valence-corrected chi connectivity index (χ0v) is 24.7. The summed E-state index contributed by atoms with van der Waals surface area (Å²) in [4.78, 5) is 53.9. The summed E-state index contributed by atoms with van der Waals surface area (Å²) in [5.74, 6) is 0.722. The van der Waals surface area contributed by atoms with Crippen molar-refractivity contribution in [2.45, 2.75) is 45.1 Å². The number of hydrogen-bond donors (Lipinski definition) is 0. The predicted molar refractivity (Wildman–Crippen MR) is 173 cm³/mol. The van der Waals surface area contributed by atoms with Crippen molar-refractivity contribution in [1.82, 2.24) is 0 Å². The number of hydrogen-bond acceptors (Lipinski definition) is 8. The number of benzene rings is 4. The number of fused-ring (bicyclic) bond motifs is 3. The van der Waals surface area contributed by atoms with E-state index >= 15 is 0 Å². The Labute approximate surface area is 257 Å². The molecule has 0 bridgehead atoms. The standard InChI is InChI=1S/C38H22O8/c1-13-3-5-23-15(7-13)17-9-19-27-22(38(42)45-35(19)39)12-26-32-30-18(16-8-14(2)4-6-24(16)44-26)10-20-28-21(37(41)46-36(20)40)11-25(43-23)31(34(28)30)29(17)33(27)32/h3-7,9,11,14,18,26H,8,10,12H2,1-2H3. The van der Waals surface area contributed by atoms with Gasteiger partial charge in [0.15, 0.2) is 0 Å². The van der Waals surface area contributed by atoms with Crippen molar-refractivity contribution in [2.75, 3.05) is 0 Å². The van der Waals surface area contributed by atoms with Crippen LogP contribution in [0.2, 0.25) is 0 Å². The van der Waals surface area contributed by atoms with Gasteiger partial charge in [0.25, 0.3) is 0 Å². The van der Waals surface area contributed by atoms with E-state index in [1.54, 1.807) is 6.07 Å². The fourth-order valence-corrected chi connectivity index (χ4v) is 9.08. The maximum Gasteiger partial charge on any atom is 0.346 e. The van der Waals surface area contributed by atoms with Crippen LogP contribution in [0.5, 0.6) is 0 Å². The summed E-state index contributed by atoms with van der Waals surface area (Å²) in [5, 5.41) is 6.44. The SMILES string of the molecule is Cc1ccc2oc3cc4c(=O)oc(=O)c5c4c4c6c7c8c9c(c(=O)oc(=O)c9cc(c2c1)c8c34)CC7OC1=C(CC(C)C=C1)C6C5. The molecule has 3 aliphatic carbocycles. The van der Waals surface area contributed by atoms with Crippen LogP contribution in [0.15, 0.2) is 86.2 Å². The first-order valence-corrected chi connectivity index (χ1v) is 15.6. The van der Waals surface area contributed by atoms with Crippen molar-refractivity contribution in [1.29, 1.82) is 0 Å². The number of rotatable bonds is 0. The molecule has 4 aromatic carbocycles. The molecule has 4 heterocycles. The fourth-order valence-electron chi connectivity index (χ4n) is 9.08. The van der Waals surface area contributed by atoms with E-state index in [0.29, 0.717) is 50.3 Å². The third kappa shape index (κ3) is 2.74. The number of ether oxygens (including phenoxy) is 1. The first-order chi connectivity index (χ1) is 22.3. The van der Waals surface area contributed by atoms with Gasteiger partial charge in [-0.05, 0) is 83.3 Å². The van der Waals surface area contributed by atoms with Crippen molar-refractivity contribution in [3.63, 3.8) is 0 Å². The van der Waals surface area contributed by atoms with Gasteiger partial charge >= 0.3 is 22.5 Å². The van der Waals surface area contributed by atoms with E-state index in [1.165, 1.54) is 0 Å². The van der Waals surface area contributed by atoms with E-state index in [-0.39, 0.29) is 18.3 Å². The van der Waals surface area contributed by atoms with Crippen LogP contribution in [0, 0.1) is 12.8 Å². The highest BCUT2D eigenvalue weighted by molar-refractivity contribution is 6.37. The van der Waals surface area contributed by atoms with Gasteiger partial charge in [-0.15, -0.1) is 0 Å². The molecule has 1 aliphatic heterocycles. The van der Waals surface area contributed by atoms with Crippen molar-refractivity contribution in [3.05, 3.63) is 123 Å². The lowest BCUT2D eigenvalue weighted by atomic mass is 9.69. The minimum absolute atomic E-state index is 0.220. The first kappa shape index (κ1) is 24.8. The molecule has 11 rings (SSSR count). The Morgan fingerprint density at radius 2 is 1.35 bits per heavy atom. The van der Waals surface area contributed by atoms with E-state index in [4.69, 9.17) is 18.0 Å². The molecule has 8 heteroatoms. The van der Waals surface area contributed by atoms with Crippen LogP contribution in [0.3, 0.4) is 0 Å². The molecule has 7 aromatic rings. The molecule has 4 aliphatic rings. The minimum Gasteiger partial charge on any atom is -0.485 e. The van der Waals surface area contributed by atoms with E-state index in [2.05, 4.69) is 13.0 Å². The van der Waals surface area contributed by atoms with Crippen molar-refractivity contribution < 1.29 is 18.0 Å². The first-order valence-electron chi connectivity index (χ1n) is 15.6. The lowest BCUT2D eigenvalue weighted by molar-refractivity contribution is 0.124. The molecular formula is C38H22O8. The van der Waals surface area contributed by atoms with E-state index in [1.807, 2.05) is 37.3 Å². The molecule has 0 saturated heterocycles. The van der Waals surface area contributed by atoms with Gasteiger partial charge in [0, 0.05) is 50.4 Å². The smallest absolute Gasteiger partial charge is 0.346 e. The van der Waals surface area contributed by atoms with Crippen molar-refractivity contribution in [3.8, 4) is 0 Å². The van der Waals surface area contributed by atoms with Gasteiger partial charge in [0.05, 0.1) is 16.3 Å². The van der Waals surface area contributed by atoms with E-state index in [9.17, 15) is 19.2 Å². The summed E-state index contributed by atoms with van der Waals surface area (Å²) < 4.78 is 24.3. The van der Waals surface area contributed by atoms with Gasteiger partial charge in [-0.25, -0.2) is 19.2 Å². The predicted octanol–water partition coefficient (Wildman–Crippen LogP) is 6.69. The lowest BCUT2D eigenvalue weighted by Crippen LogP contribution is -2.26. The molecule has 46 heavy (non-hydrogen) atoms. The zero-order chi connectivity index (χ0) is 30.9. The number of aryl methyl sites for hydroxylation is 1. The summed E-state index contributed by atoms with van der Waals surface area (Å²) in [5.41, 5.74) is 3.15. The molecule has 222 valence electrons. The Bertz CT molecular complexity index is 2990. The summed E-state index contributed by atoms with van der Waals surface area (Å²) in [6.07, 6.45) is 4.84. The average molecular weight is 607 g/mol. The second-order valence-electron chi connectivity index (χ2n) is 13.4. The summed E-state index contributed by atoms with van der Waals surface area (Å²) in [7, 11) is 0. The van der Waals surface area contributed by atoms with Crippen LogP contribution in [-0.2, 0) is 17.6 Å². The Morgan fingerprint density at radius 3 is 2.13 bits per heavy atom. The summed E-state index contributed by atoms with van der Waals surface area (Å²) in [6.45, 7) is 4.13. The Balaban J connectivity index is 1.56. The molecule has 0 fully saturated rings. The van der Waals surface area contributed by atoms with Crippen LogP contribution in [0.1, 0.15) is 53.2 Å². The second-order valence-corrected chi connectivity index (χ2v) is 13.4. The van der Waals surface area contributed by atoms with Crippen LogP contribution >= 0.6 is 0 Å². The summed E-state index contributed by atoms with van der Waals surface area (Å²) in [6, 6.07) is 9.35. The normalized spacial score (nSPS) is 21.1. The van der Waals surface area contributed by atoms with Crippen molar-refractivity contribution in [2.24, 2.45) is 5.92 Å². The fraction of sp³-hybridized carbons (Fsp3) is 0.211. The third-order valence-corrected chi connectivity index (χ3v) is 10.8. The highest BCUT2D eigenvalue weighted by Crippen LogP contribution is 2.58. The molecule has 0 spiro atoms. The molecule has 0 radical (unpaired) electrons.